The van der Waals surface area contributed by atoms with Gasteiger partial charge in [0.25, 0.3) is 11.7 Å². The summed E-state index contributed by atoms with van der Waals surface area (Å²) in [5.74, 6) is 0.173. The van der Waals surface area contributed by atoms with Gasteiger partial charge in [-0.25, -0.2) is 9.50 Å². The molecule has 3 rings (SSSR count). The zero-order valence-corrected chi connectivity index (χ0v) is 11.7. The van der Waals surface area contributed by atoms with E-state index < -0.39 is 0 Å². The maximum Gasteiger partial charge on any atom is 0.291 e. The molecule has 0 bridgehead atoms. The van der Waals surface area contributed by atoms with E-state index in [4.69, 9.17) is 0 Å². The van der Waals surface area contributed by atoms with Crippen molar-refractivity contribution in [3.05, 3.63) is 23.8 Å². The molecule has 7 nitrogen and oxygen atoms in total. The van der Waals surface area contributed by atoms with Crippen LogP contribution in [0.15, 0.2) is 12.3 Å². The molecule has 1 fully saturated rings. The summed E-state index contributed by atoms with van der Waals surface area (Å²) >= 11 is 0. The monoisotopic (exact) mass is 275 g/mol. The Bertz CT molecular complexity index is 678. The van der Waals surface area contributed by atoms with Crippen LogP contribution in [0, 0.1) is 12.3 Å². The van der Waals surface area contributed by atoms with Crippen LogP contribution in [0.25, 0.3) is 5.78 Å². The van der Waals surface area contributed by atoms with Gasteiger partial charge in [0, 0.05) is 23.3 Å². The molecule has 20 heavy (non-hydrogen) atoms. The number of aryl methyl sites for hydroxylation is 1. The minimum atomic E-state index is -0.384. The SMILES string of the molecule is Cc1ccnc2nc(C(=O)NC3CC(O)C3(C)C)nn12. The standard InChI is InChI=1S/C13H17N5O2/c1-7-4-5-14-12-16-10(17-18(7)12)11(20)15-8-6-9(19)13(8,2)3/h4-5,8-9,19H,6H2,1-3H3,(H,15,20). The normalized spacial score (nSPS) is 24.4. The molecule has 0 spiro atoms. The summed E-state index contributed by atoms with van der Waals surface area (Å²) in [6.45, 7) is 5.72. The lowest BCUT2D eigenvalue weighted by atomic mass is 9.64. The second-order valence-electron chi connectivity index (χ2n) is 5.83. The third-order valence-electron chi connectivity index (χ3n) is 4.15. The Kier molecular flexibility index (Phi) is 2.75. The minimum absolute atomic E-state index is 0.0642. The summed E-state index contributed by atoms with van der Waals surface area (Å²) in [6.07, 6.45) is 1.81. The van der Waals surface area contributed by atoms with Crippen molar-refractivity contribution in [2.45, 2.75) is 39.3 Å². The van der Waals surface area contributed by atoms with Crippen molar-refractivity contribution in [2.75, 3.05) is 0 Å². The van der Waals surface area contributed by atoms with Crippen LogP contribution in [0.2, 0.25) is 0 Å². The van der Waals surface area contributed by atoms with E-state index in [1.165, 1.54) is 4.52 Å². The van der Waals surface area contributed by atoms with Crippen LogP contribution < -0.4 is 5.32 Å². The lowest BCUT2D eigenvalue weighted by molar-refractivity contribution is -0.0690. The average molecular weight is 275 g/mol. The first kappa shape index (κ1) is 13.0. The first-order valence-electron chi connectivity index (χ1n) is 6.57. The maximum atomic E-state index is 12.2. The van der Waals surface area contributed by atoms with E-state index in [2.05, 4.69) is 20.4 Å². The molecule has 0 radical (unpaired) electrons. The molecule has 2 unspecified atom stereocenters. The van der Waals surface area contributed by atoms with Gasteiger partial charge in [-0.2, -0.15) is 4.98 Å². The summed E-state index contributed by atoms with van der Waals surface area (Å²) in [5.41, 5.74) is 0.546. The van der Waals surface area contributed by atoms with Crippen molar-refractivity contribution in [1.82, 2.24) is 24.9 Å². The zero-order chi connectivity index (χ0) is 14.5. The molecule has 0 aromatic carbocycles. The summed E-state index contributed by atoms with van der Waals surface area (Å²) < 4.78 is 1.54. The van der Waals surface area contributed by atoms with Crippen molar-refractivity contribution >= 4 is 11.7 Å². The fraction of sp³-hybridized carbons (Fsp3) is 0.538. The van der Waals surface area contributed by atoms with Gasteiger partial charge in [-0.3, -0.25) is 4.79 Å². The molecule has 106 valence electrons. The van der Waals surface area contributed by atoms with Crippen LogP contribution in [0.1, 0.15) is 36.6 Å². The molecule has 0 aliphatic heterocycles. The van der Waals surface area contributed by atoms with Crippen LogP contribution in [-0.2, 0) is 0 Å². The van der Waals surface area contributed by atoms with Gasteiger partial charge in [0.2, 0.25) is 5.82 Å². The highest BCUT2D eigenvalue weighted by Crippen LogP contribution is 2.40. The first-order chi connectivity index (χ1) is 9.39. The van der Waals surface area contributed by atoms with Gasteiger partial charge in [-0.05, 0) is 19.4 Å². The number of hydrogen-bond acceptors (Lipinski definition) is 5. The Morgan fingerprint density at radius 1 is 1.55 bits per heavy atom. The molecule has 2 atom stereocenters. The fourth-order valence-electron chi connectivity index (χ4n) is 2.37. The van der Waals surface area contributed by atoms with Crippen molar-refractivity contribution in [3.63, 3.8) is 0 Å². The van der Waals surface area contributed by atoms with E-state index in [0.717, 1.165) is 5.69 Å². The molecule has 2 heterocycles. The number of nitrogens with zero attached hydrogens (tertiary/aromatic N) is 4. The van der Waals surface area contributed by atoms with Crippen LogP contribution >= 0.6 is 0 Å². The van der Waals surface area contributed by atoms with Gasteiger partial charge in [0.05, 0.1) is 6.10 Å². The number of aromatic nitrogens is 4. The number of fused-ring (bicyclic) bond motifs is 1. The molecule has 2 N–H and O–H groups in total. The quantitative estimate of drug-likeness (QED) is 0.823. The molecule has 7 heteroatoms. The third-order valence-corrected chi connectivity index (χ3v) is 4.15. The molecular weight excluding hydrogens is 258 g/mol. The molecular formula is C13H17N5O2. The second kappa shape index (κ2) is 4.24. The summed E-state index contributed by atoms with van der Waals surface area (Å²) in [5, 5.41) is 16.7. The Morgan fingerprint density at radius 2 is 2.30 bits per heavy atom. The first-order valence-corrected chi connectivity index (χ1v) is 6.57. The predicted octanol–water partition coefficient (Wildman–Crippen LogP) is 0.322. The number of aliphatic hydroxyl groups excluding tert-OH is 1. The van der Waals surface area contributed by atoms with Crippen molar-refractivity contribution in [2.24, 2.45) is 5.41 Å². The molecule has 0 saturated heterocycles. The van der Waals surface area contributed by atoms with E-state index in [1.807, 2.05) is 20.8 Å². The zero-order valence-electron chi connectivity index (χ0n) is 11.7. The molecule has 1 saturated carbocycles. The minimum Gasteiger partial charge on any atom is -0.392 e. The second-order valence-corrected chi connectivity index (χ2v) is 5.83. The number of carbonyl (C=O) groups excluding carboxylic acids is 1. The van der Waals surface area contributed by atoms with Crippen molar-refractivity contribution < 1.29 is 9.90 Å². The smallest absolute Gasteiger partial charge is 0.291 e. The Morgan fingerprint density at radius 3 is 2.90 bits per heavy atom. The van der Waals surface area contributed by atoms with Crippen molar-refractivity contribution in [3.8, 4) is 0 Å². The van der Waals surface area contributed by atoms with E-state index in [9.17, 15) is 9.90 Å². The van der Waals surface area contributed by atoms with E-state index in [-0.39, 0.29) is 29.3 Å². The predicted molar refractivity (Wildman–Crippen MR) is 71.2 cm³/mol. The lowest BCUT2D eigenvalue weighted by Gasteiger charge is -2.49. The Balaban J connectivity index is 1.81. The van der Waals surface area contributed by atoms with Crippen molar-refractivity contribution in [1.29, 1.82) is 0 Å². The summed E-state index contributed by atoms with van der Waals surface area (Å²) in [4.78, 5) is 20.4. The van der Waals surface area contributed by atoms with Crippen LogP contribution in [0.4, 0.5) is 0 Å². The van der Waals surface area contributed by atoms with Gasteiger partial charge in [-0.15, -0.1) is 5.10 Å². The Hall–Kier alpha value is -2.02. The summed E-state index contributed by atoms with van der Waals surface area (Å²) in [6, 6.07) is 1.74. The number of rotatable bonds is 2. The highest BCUT2D eigenvalue weighted by Gasteiger charge is 2.48. The number of aliphatic hydroxyl groups is 1. The van der Waals surface area contributed by atoms with Gasteiger partial charge in [0.15, 0.2) is 0 Å². The number of amides is 1. The summed E-state index contributed by atoms with van der Waals surface area (Å²) in [7, 11) is 0. The number of nitrogens with one attached hydrogen (secondary N) is 1. The highest BCUT2D eigenvalue weighted by molar-refractivity contribution is 5.91. The van der Waals surface area contributed by atoms with E-state index in [1.54, 1.807) is 12.3 Å². The molecule has 1 aliphatic rings. The topological polar surface area (TPSA) is 92.4 Å². The molecule has 1 amide bonds. The number of hydrogen-bond donors (Lipinski definition) is 2. The van der Waals surface area contributed by atoms with E-state index >= 15 is 0 Å². The van der Waals surface area contributed by atoms with Crippen LogP contribution in [0.3, 0.4) is 0 Å². The van der Waals surface area contributed by atoms with Gasteiger partial charge in [-0.1, -0.05) is 13.8 Å². The van der Waals surface area contributed by atoms with Crippen LogP contribution in [-0.4, -0.2) is 42.7 Å². The third kappa shape index (κ3) is 1.85. The van der Waals surface area contributed by atoms with Gasteiger partial charge in [0.1, 0.15) is 0 Å². The largest absolute Gasteiger partial charge is 0.392 e. The maximum absolute atomic E-state index is 12.2. The lowest BCUT2D eigenvalue weighted by Crippen LogP contribution is -2.61. The molecule has 2 aromatic heterocycles. The van der Waals surface area contributed by atoms with Crippen LogP contribution in [0.5, 0.6) is 0 Å². The average Bonchev–Trinajstić information content (AvgIpc) is 2.84. The Labute approximate surface area is 116 Å². The van der Waals surface area contributed by atoms with Gasteiger partial charge >= 0.3 is 0 Å². The van der Waals surface area contributed by atoms with Gasteiger partial charge < -0.3 is 10.4 Å². The highest BCUT2D eigenvalue weighted by atomic mass is 16.3. The molecule has 2 aromatic rings. The van der Waals surface area contributed by atoms with E-state index in [0.29, 0.717) is 12.2 Å². The fourth-order valence-corrected chi connectivity index (χ4v) is 2.37. The molecule has 1 aliphatic carbocycles. The number of carbonyl (C=O) groups is 1.